The SMILES string of the molecule is Cc1ccc(CN(C)C(=O)CN2C(=O)C(C)Oc3ccccc32)c(C)c1. The van der Waals surface area contributed by atoms with Crippen molar-refractivity contribution < 1.29 is 14.3 Å². The number of para-hydroxylation sites is 2. The summed E-state index contributed by atoms with van der Waals surface area (Å²) in [5.41, 5.74) is 4.10. The van der Waals surface area contributed by atoms with Crippen LogP contribution in [0.2, 0.25) is 0 Å². The predicted molar refractivity (Wildman–Crippen MR) is 101 cm³/mol. The third-order valence-electron chi connectivity index (χ3n) is 4.70. The molecule has 2 amide bonds. The van der Waals surface area contributed by atoms with Crippen LogP contribution in [0.4, 0.5) is 5.69 Å². The molecule has 1 aliphatic rings. The maximum Gasteiger partial charge on any atom is 0.268 e. The van der Waals surface area contributed by atoms with E-state index in [0.29, 0.717) is 18.0 Å². The summed E-state index contributed by atoms with van der Waals surface area (Å²) in [5.74, 6) is 0.323. The molecule has 0 saturated carbocycles. The van der Waals surface area contributed by atoms with E-state index in [1.54, 1.807) is 24.9 Å². The van der Waals surface area contributed by atoms with Crippen LogP contribution in [0, 0.1) is 13.8 Å². The average Bonchev–Trinajstić information content (AvgIpc) is 2.61. The van der Waals surface area contributed by atoms with Crippen LogP contribution >= 0.6 is 0 Å². The topological polar surface area (TPSA) is 49.9 Å². The van der Waals surface area contributed by atoms with Crippen molar-refractivity contribution in [2.75, 3.05) is 18.5 Å². The number of likely N-dealkylation sites (N-methyl/N-ethyl adjacent to an activating group) is 1. The standard InChI is InChI=1S/C21H24N2O3/c1-14-9-10-17(15(2)11-14)12-22(4)20(24)13-23-18-7-5-6-8-19(18)26-16(3)21(23)25/h5-11,16H,12-13H2,1-4H3. The molecule has 1 heterocycles. The maximum atomic E-state index is 12.7. The number of benzene rings is 2. The van der Waals surface area contributed by atoms with Gasteiger partial charge < -0.3 is 9.64 Å². The summed E-state index contributed by atoms with van der Waals surface area (Å²) in [6.07, 6.45) is -0.595. The molecule has 136 valence electrons. The van der Waals surface area contributed by atoms with Crippen LogP contribution < -0.4 is 9.64 Å². The van der Waals surface area contributed by atoms with Gasteiger partial charge in [-0.05, 0) is 44.0 Å². The summed E-state index contributed by atoms with van der Waals surface area (Å²) in [4.78, 5) is 28.5. The molecule has 3 rings (SSSR count). The monoisotopic (exact) mass is 352 g/mol. The van der Waals surface area contributed by atoms with Crippen molar-refractivity contribution >= 4 is 17.5 Å². The van der Waals surface area contributed by atoms with E-state index >= 15 is 0 Å². The fraction of sp³-hybridized carbons (Fsp3) is 0.333. The van der Waals surface area contributed by atoms with Crippen molar-refractivity contribution in [1.82, 2.24) is 4.90 Å². The Morgan fingerprint density at radius 2 is 1.92 bits per heavy atom. The summed E-state index contributed by atoms with van der Waals surface area (Å²) in [6.45, 7) is 6.32. The van der Waals surface area contributed by atoms with Crippen LogP contribution in [0.3, 0.4) is 0 Å². The van der Waals surface area contributed by atoms with E-state index < -0.39 is 6.10 Å². The number of carbonyl (C=O) groups is 2. The molecule has 0 saturated heterocycles. The number of hydrogen-bond acceptors (Lipinski definition) is 3. The second-order valence-corrected chi connectivity index (χ2v) is 6.83. The number of nitrogens with zero attached hydrogens (tertiary/aromatic N) is 2. The average molecular weight is 352 g/mol. The zero-order valence-electron chi connectivity index (χ0n) is 15.7. The number of hydrogen-bond donors (Lipinski definition) is 0. The van der Waals surface area contributed by atoms with Crippen LogP contribution in [0.15, 0.2) is 42.5 Å². The predicted octanol–water partition coefficient (Wildman–Crippen LogP) is 3.08. The summed E-state index contributed by atoms with van der Waals surface area (Å²) in [6, 6.07) is 13.5. The molecule has 1 aliphatic heterocycles. The third kappa shape index (κ3) is 3.57. The smallest absolute Gasteiger partial charge is 0.268 e. The van der Waals surface area contributed by atoms with Gasteiger partial charge in [0.25, 0.3) is 5.91 Å². The van der Waals surface area contributed by atoms with Crippen molar-refractivity contribution in [3.63, 3.8) is 0 Å². The Morgan fingerprint density at radius 3 is 2.65 bits per heavy atom. The molecular formula is C21H24N2O3. The summed E-state index contributed by atoms with van der Waals surface area (Å²) in [5, 5.41) is 0. The molecule has 0 N–H and O–H groups in total. The Balaban J connectivity index is 1.75. The molecular weight excluding hydrogens is 328 g/mol. The van der Waals surface area contributed by atoms with E-state index in [4.69, 9.17) is 4.74 Å². The lowest BCUT2D eigenvalue weighted by Crippen LogP contribution is -2.49. The normalized spacial score (nSPS) is 16.1. The van der Waals surface area contributed by atoms with Gasteiger partial charge in [-0.15, -0.1) is 0 Å². The van der Waals surface area contributed by atoms with Crippen molar-refractivity contribution in [2.24, 2.45) is 0 Å². The lowest BCUT2D eigenvalue weighted by Gasteiger charge is -2.33. The van der Waals surface area contributed by atoms with E-state index in [1.807, 2.05) is 44.2 Å². The largest absolute Gasteiger partial charge is 0.479 e. The lowest BCUT2D eigenvalue weighted by molar-refractivity contribution is -0.132. The second-order valence-electron chi connectivity index (χ2n) is 6.83. The van der Waals surface area contributed by atoms with E-state index in [1.165, 1.54) is 10.5 Å². The Labute approximate surface area is 154 Å². The highest BCUT2D eigenvalue weighted by Crippen LogP contribution is 2.33. The highest BCUT2D eigenvalue weighted by molar-refractivity contribution is 6.03. The molecule has 26 heavy (non-hydrogen) atoms. The minimum Gasteiger partial charge on any atom is -0.479 e. The molecule has 0 radical (unpaired) electrons. The highest BCUT2D eigenvalue weighted by atomic mass is 16.5. The minimum absolute atomic E-state index is 0.00492. The van der Waals surface area contributed by atoms with E-state index in [-0.39, 0.29) is 18.4 Å². The Bertz CT molecular complexity index is 847. The van der Waals surface area contributed by atoms with Gasteiger partial charge in [-0.2, -0.15) is 0 Å². The van der Waals surface area contributed by atoms with E-state index in [9.17, 15) is 9.59 Å². The molecule has 0 spiro atoms. The lowest BCUT2D eigenvalue weighted by atomic mass is 10.1. The van der Waals surface area contributed by atoms with Gasteiger partial charge in [0.05, 0.1) is 5.69 Å². The molecule has 5 heteroatoms. The Kier molecular flexibility index (Phi) is 4.98. The summed E-state index contributed by atoms with van der Waals surface area (Å²) >= 11 is 0. The van der Waals surface area contributed by atoms with Crippen LogP contribution in [0.5, 0.6) is 5.75 Å². The molecule has 0 aliphatic carbocycles. The van der Waals surface area contributed by atoms with Gasteiger partial charge in [0.15, 0.2) is 6.10 Å². The molecule has 0 aromatic heterocycles. The van der Waals surface area contributed by atoms with Crippen molar-refractivity contribution in [3.8, 4) is 5.75 Å². The first-order valence-corrected chi connectivity index (χ1v) is 8.74. The minimum atomic E-state index is -0.595. The summed E-state index contributed by atoms with van der Waals surface area (Å²) in [7, 11) is 1.77. The number of carbonyl (C=O) groups excluding carboxylic acids is 2. The molecule has 0 fully saturated rings. The number of fused-ring (bicyclic) bond motifs is 1. The zero-order valence-corrected chi connectivity index (χ0v) is 15.7. The number of aryl methyl sites for hydroxylation is 2. The quantitative estimate of drug-likeness (QED) is 0.850. The van der Waals surface area contributed by atoms with Crippen LogP contribution in [-0.4, -0.2) is 36.4 Å². The first-order valence-electron chi connectivity index (χ1n) is 8.74. The fourth-order valence-electron chi connectivity index (χ4n) is 3.14. The van der Waals surface area contributed by atoms with Crippen molar-refractivity contribution in [2.45, 2.75) is 33.4 Å². The molecule has 2 aromatic rings. The van der Waals surface area contributed by atoms with Crippen LogP contribution in [-0.2, 0) is 16.1 Å². The number of rotatable bonds is 4. The maximum absolute atomic E-state index is 12.7. The van der Waals surface area contributed by atoms with Gasteiger partial charge >= 0.3 is 0 Å². The Morgan fingerprint density at radius 1 is 1.19 bits per heavy atom. The van der Waals surface area contributed by atoms with Crippen LogP contribution in [0.1, 0.15) is 23.6 Å². The van der Waals surface area contributed by atoms with Crippen LogP contribution in [0.25, 0.3) is 0 Å². The van der Waals surface area contributed by atoms with Gasteiger partial charge in [0, 0.05) is 13.6 Å². The molecule has 0 bridgehead atoms. The first kappa shape index (κ1) is 18.0. The molecule has 5 nitrogen and oxygen atoms in total. The molecule has 1 atom stereocenters. The van der Waals surface area contributed by atoms with Gasteiger partial charge in [0.1, 0.15) is 12.3 Å². The zero-order chi connectivity index (χ0) is 18.8. The van der Waals surface area contributed by atoms with E-state index in [2.05, 4.69) is 6.07 Å². The second kappa shape index (κ2) is 7.20. The van der Waals surface area contributed by atoms with Crippen molar-refractivity contribution in [3.05, 3.63) is 59.2 Å². The van der Waals surface area contributed by atoms with Gasteiger partial charge in [-0.25, -0.2) is 0 Å². The number of anilines is 1. The highest BCUT2D eigenvalue weighted by Gasteiger charge is 2.33. The third-order valence-corrected chi connectivity index (χ3v) is 4.70. The Hall–Kier alpha value is -2.82. The van der Waals surface area contributed by atoms with E-state index in [0.717, 1.165) is 11.1 Å². The molecule has 1 unspecified atom stereocenters. The molecule has 2 aromatic carbocycles. The van der Waals surface area contributed by atoms with Gasteiger partial charge in [-0.1, -0.05) is 35.9 Å². The fourth-order valence-corrected chi connectivity index (χ4v) is 3.14. The number of ether oxygens (including phenoxy) is 1. The van der Waals surface area contributed by atoms with Crippen molar-refractivity contribution in [1.29, 1.82) is 0 Å². The number of amides is 2. The van der Waals surface area contributed by atoms with Gasteiger partial charge in [0.2, 0.25) is 5.91 Å². The first-order chi connectivity index (χ1) is 12.4. The van der Waals surface area contributed by atoms with Gasteiger partial charge in [-0.3, -0.25) is 14.5 Å². The summed E-state index contributed by atoms with van der Waals surface area (Å²) < 4.78 is 5.62.